The van der Waals surface area contributed by atoms with Gasteiger partial charge >= 0.3 is 0 Å². The Morgan fingerprint density at radius 3 is 3.09 bits per heavy atom. The highest BCUT2D eigenvalue weighted by atomic mass is 19.1. The van der Waals surface area contributed by atoms with Gasteiger partial charge in [-0.2, -0.15) is 5.21 Å². The molecular weight excluding hydrogens is 287 g/mol. The van der Waals surface area contributed by atoms with Crippen LogP contribution < -0.4 is 5.32 Å². The van der Waals surface area contributed by atoms with Crippen molar-refractivity contribution in [2.24, 2.45) is 0 Å². The fourth-order valence-electron chi connectivity index (χ4n) is 2.14. The molecule has 1 atom stereocenters. The van der Waals surface area contributed by atoms with Crippen LogP contribution in [-0.2, 0) is 0 Å². The Morgan fingerprint density at radius 2 is 2.32 bits per heavy atom. The van der Waals surface area contributed by atoms with E-state index in [0.29, 0.717) is 23.3 Å². The molecule has 0 aliphatic rings. The lowest BCUT2D eigenvalue weighted by Gasteiger charge is -2.10. The SMILES string of the molecule is C[C@@H](CNC(=O)c1cc(F)cc2cccnc12)c1nn[nH]n1. The van der Waals surface area contributed by atoms with Crippen LogP contribution in [0.25, 0.3) is 10.9 Å². The molecule has 2 aromatic heterocycles. The summed E-state index contributed by atoms with van der Waals surface area (Å²) in [4.78, 5) is 16.5. The minimum Gasteiger partial charge on any atom is -0.351 e. The molecule has 8 heteroatoms. The molecule has 0 fully saturated rings. The molecule has 0 bridgehead atoms. The normalized spacial score (nSPS) is 12.3. The van der Waals surface area contributed by atoms with E-state index in [1.807, 2.05) is 6.92 Å². The number of pyridine rings is 1. The molecule has 3 rings (SSSR count). The number of benzene rings is 1. The van der Waals surface area contributed by atoms with Crippen molar-refractivity contribution in [1.29, 1.82) is 0 Å². The van der Waals surface area contributed by atoms with Crippen LogP contribution in [0.1, 0.15) is 29.0 Å². The predicted molar refractivity (Wildman–Crippen MR) is 76.6 cm³/mol. The Labute approximate surface area is 124 Å². The summed E-state index contributed by atoms with van der Waals surface area (Å²) in [5, 5.41) is 16.9. The third-order valence-corrected chi connectivity index (χ3v) is 3.29. The Morgan fingerprint density at radius 1 is 1.45 bits per heavy atom. The number of hydrogen-bond acceptors (Lipinski definition) is 5. The van der Waals surface area contributed by atoms with Crippen LogP contribution >= 0.6 is 0 Å². The quantitative estimate of drug-likeness (QED) is 0.759. The number of fused-ring (bicyclic) bond motifs is 1. The molecule has 0 aliphatic heterocycles. The Balaban J connectivity index is 1.80. The largest absolute Gasteiger partial charge is 0.351 e. The number of tetrazole rings is 1. The third kappa shape index (κ3) is 2.76. The van der Waals surface area contributed by atoms with E-state index in [9.17, 15) is 9.18 Å². The summed E-state index contributed by atoms with van der Waals surface area (Å²) < 4.78 is 13.6. The van der Waals surface area contributed by atoms with E-state index in [4.69, 9.17) is 0 Å². The Kier molecular flexibility index (Phi) is 3.73. The first-order valence-electron chi connectivity index (χ1n) is 6.71. The van der Waals surface area contributed by atoms with Gasteiger partial charge in [0.1, 0.15) is 5.82 Å². The molecule has 0 unspecified atom stereocenters. The fourth-order valence-corrected chi connectivity index (χ4v) is 2.14. The van der Waals surface area contributed by atoms with Gasteiger partial charge in [0, 0.05) is 24.0 Å². The zero-order chi connectivity index (χ0) is 15.5. The number of carbonyl (C=O) groups excluding carboxylic acids is 1. The van der Waals surface area contributed by atoms with Gasteiger partial charge in [-0.05, 0) is 18.2 Å². The number of nitrogens with one attached hydrogen (secondary N) is 2. The number of aromatic amines is 1. The van der Waals surface area contributed by atoms with Gasteiger partial charge in [-0.3, -0.25) is 9.78 Å². The predicted octanol–water partition coefficient (Wildman–Crippen LogP) is 1.42. The highest BCUT2D eigenvalue weighted by Gasteiger charge is 2.16. The third-order valence-electron chi connectivity index (χ3n) is 3.29. The number of H-pyrrole nitrogens is 1. The van der Waals surface area contributed by atoms with Crippen molar-refractivity contribution >= 4 is 16.8 Å². The van der Waals surface area contributed by atoms with Crippen molar-refractivity contribution in [3.8, 4) is 0 Å². The molecule has 2 heterocycles. The van der Waals surface area contributed by atoms with E-state index >= 15 is 0 Å². The van der Waals surface area contributed by atoms with E-state index in [2.05, 4.69) is 30.9 Å². The lowest BCUT2D eigenvalue weighted by Crippen LogP contribution is -2.28. The maximum Gasteiger partial charge on any atom is 0.253 e. The molecule has 1 aromatic carbocycles. The zero-order valence-corrected chi connectivity index (χ0v) is 11.7. The first kappa shape index (κ1) is 14.1. The van der Waals surface area contributed by atoms with E-state index in [1.54, 1.807) is 18.3 Å². The minimum atomic E-state index is -0.475. The molecule has 0 spiro atoms. The molecule has 3 aromatic rings. The van der Waals surface area contributed by atoms with Crippen molar-refractivity contribution in [1.82, 2.24) is 30.9 Å². The number of amides is 1. The molecule has 7 nitrogen and oxygen atoms in total. The second-order valence-electron chi connectivity index (χ2n) is 4.91. The number of aromatic nitrogens is 5. The monoisotopic (exact) mass is 300 g/mol. The van der Waals surface area contributed by atoms with Crippen LogP contribution in [-0.4, -0.2) is 38.1 Å². The summed E-state index contributed by atoms with van der Waals surface area (Å²) in [6, 6.07) is 5.94. The number of halogens is 1. The average molecular weight is 300 g/mol. The van der Waals surface area contributed by atoms with Crippen LogP contribution in [0.3, 0.4) is 0 Å². The van der Waals surface area contributed by atoms with Gasteiger partial charge < -0.3 is 5.32 Å². The highest BCUT2D eigenvalue weighted by Crippen LogP contribution is 2.18. The molecule has 0 radical (unpaired) electrons. The zero-order valence-electron chi connectivity index (χ0n) is 11.7. The van der Waals surface area contributed by atoms with Crippen molar-refractivity contribution in [2.45, 2.75) is 12.8 Å². The summed E-state index contributed by atoms with van der Waals surface area (Å²) >= 11 is 0. The summed E-state index contributed by atoms with van der Waals surface area (Å²) in [5.41, 5.74) is 0.671. The maximum atomic E-state index is 13.6. The van der Waals surface area contributed by atoms with Crippen LogP contribution in [0.4, 0.5) is 4.39 Å². The van der Waals surface area contributed by atoms with Crippen LogP contribution in [0, 0.1) is 5.82 Å². The fraction of sp³-hybridized carbons (Fsp3) is 0.214. The first-order chi connectivity index (χ1) is 10.6. The molecule has 112 valence electrons. The maximum absolute atomic E-state index is 13.6. The van der Waals surface area contributed by atoms with Crippen LogP contribution in [0.5, 0.6) is 0 Å². The summed E-state index contributed by atoms with van der Waals surface area (Å²) in [5.74, 6) is -0.478. The molecule has 22 heavy (non-hydrogen) atoms. The topological polar surface area (TPSA) is 96.5 Å². The molecule has 0 saturated carbocycles. The van der Waals surface area contributed by atoms with Gasteiger partial charge in [0.25, 0.3) is 5.91 Å². The van der Waals surface area contributed by atoms with E-state index in [1.165, 1.54) is 12.1 Å². The lowest BCUT2D eigenvalue weighted by atomic mass is 10.1. The Hall–Kier alpha value is -2.90. The summed E-state index contributed by atoms with van der Waals surface area (Å²) in [6.45, 7) is 2.16. The van der Waals surface area contributed by atoms with Crippen molar-refractivity contribution in [3.05, 3.63) is 47.7 Å². The van der Waals surface area contributed by atoms with E-state index in [-0.39, 0.29) is 11.5 Å². The highest BCUT2D eigenvalue weighted by molar-refractivity contribution is 6.05. The minimum absolute atomic E-state index is 0.115. The van der Waals surface area contributed by atoms with Gasteiger partial charge in [0.2, 0.25) is 0 Å². The van der Waals surface area contributed by atoms with Gasteiger partial charge in [0.15, 0.2) is 5.82 Å². The number of nitrogens with zero attached hydrogens (tertiary/aromatic N) is 4. The molecule has 2 N–H and O–H groups in total. The smallest absolute Gasteiger partial charge is 0.253 e. The Bertz CT molecular complexity index is 804. The van der Waals surface area contributed by atoms with Crippen molar-refractivity contribution in [3.63, 3.8) is 0 Å². The number of carbonyl (C=O) groups is 1. The van der Waals surface area contributed by atoms with E-state index in [0.717, 1.165) is 0 Å². The molecular formula is C14H13FN6O. The molecule has 0 aliphatic carbocycles. The average Bonchev–Trinajstić information content (AvgIpc) is 3.06. The van der Waals surface area contributed by atoms with Gasteiger partial charge in [0.05, 0.1) is 11.1 Å². The van der Waals surface area contributed by atoms with Crippen LogP contribution in [0.2, 0.25) is 0 Å². The standard InChI is InChI=1S/C14H13FN6O/c1-8(13-18-20-21-19-13)7-17-14(22)11-6-10(15)5-9-3-2-4-16-12(9)11/h2-6,8H,7H2,1H3,(H,17,22)(H,18,19,20,21)/t8-/m0/s1. The summed E-state index contributed by atoms with van der Waals surface area (Å²) in [6.07, 6.45) is 1.57. The van der Waals surface area contributed by atoms with Crippen LogP contribution in [0.15, 0.2) is 30.5 Å². The summed E-state index contributed by atoms with van der Waals surface area (Å²) in [7, 11) is 0. The van der Waals surface area contributed by atoms with Gasteiger partial charge in [-0.25, -0.2) is 4.39 Å². The number of hydrogen-bond donors (Lipinski definition) is 2. The lowest BCUT2D eigenvalue weighted by molar-refractivity contribution is 0.0952. The van der Waals surface area contributed by atoms with Crippen molar-refractivity contribution in [2.75, 3.05) is 6.54 Å². The molecule has 1 amide bonds. The van der Waals surface area contributed by atoms with E-state index < -0.39 is 11.7 Å². The van der Waals surface area contributed by atoms with Gasteiger partial charge in [-0.15, -0.1) is 10.2 Å². The van der Waals surface area contributed by atoms with Gasteiger partial charge in [-0.1, -0.05) is 18.2 Å². The number of rotatable bonds is 4. The van der Waals surface area contributed by atoms with Crippen molar-refractivity contribution < 1.29 is 9.18 Å². The second-order valence-corrected chi connectivity index (χ2v) is 4.91. The first-order valence-corrected chi connectivity index (χ1v) is 6.71. The second kappa shape index (κ2) is 5.84. The molecule has 0 saturated heterocycles.